The monoisotopic (exact) mass is 335 g/mol. The molecule has 1 aliphatic rings. The second-order valence-electron chi connectivity index (χ2n) is 5.23. The molecule has 9 heteroatoms. The van der Waals surface area contributed by atoms with Gasteiger partial charge in [0.15, 0.2) is 0 Å². The molecule has 1 fully saturated rings. The summed E-state index contributed by atoms with van der Waals surface area (Å²) in [5.74, 6) is -4.32. The average Bonchev–Trinajstić information content (AvgIpc) is 2.48. The summed E-state index contributed by atoms with van der Waals surface area (Å²) >= 11 is 0. The normalized spacial score (nSPS) is 16.0. The predicted molar refractivity (Wildman–Crippen MR) is 78.7 cm³/mol. The van der Waals surface area contributed by atoms with Crippen molar-refractivity contribution in [2.24, 2.45) is 0 Å². The number of hydrogen-bond acceptors (Lipinski definition) is 8. The number of ether oxygens (including phenoxy) is 3. The first-order valence-corrected chi connectivity index (χ1v) is 6.70. The third-order valence-electron chi connectivity index (χ3n) is 3.08. The molecule has 9 nitrogen and oxygen atoms in total. The maximum Gasteiger partial charge on any atom is 0.348 e. The van der Waals surface area contributed by atoms with Gasteiger partial charge in [0.05, 0.1) is 12.0 Å². The van der Waals surface area contributed by atoms with Crippen molar-refractivity contribution in [2.75, 3.05) is 7.11 Å². The smallest absolute Gasteiger partial charge is 0.348 e. The third-order valence-corrected chi connectivity index (χ3v) is 3.08. The second kappa shape index (κ2) is 6.11. The second-order valence-corrected chi connectivity index (χ2v) is 5.23. The topological polar surface area (TPSA) is 122 Å². The summed E-state index contributed by atoms with van der Waals surface area (Å²) in [5.41, 5.74) is -1.43. The first-order chi connectivity index (χ1) is 11.2. The Bertz CT molecular complexity index is 756. The number of carbonyl (C=O) groups excluding carboxylic acids is 3. The van der Waals surface area contributed by atoms with Gasteiger partial charge in [-0.2, -0.15) is 0 Å². The molecule has 1 aromatic carbocycles. The first kappa shape index (κ1) is 17.1. The first-order valence-electron chi connectivity index (χ1n) is 6.70. The number of benzene rings is 1. The van der Waals surface area contributed by atoms with Crippen LogP contribution >= 0.6 is 0 Å². The molecule has 0 saturated carbocycles. The van der Waals surface area contributed by atoms with Crippen LogP contribution in [-0.2, 0) is 23.8 Å². The van der Waals surface area contributed by atoms with Gasteiger partial charge in [-0.1, -0.05) is 12.1 Å². The van der Waals surface area contributed by atoms with Crippen LogP contribution in [-0.4, -0.2) is 35.7 Å². The largest absolute Gasteiger partial charge is 0.465 e. The molecule has 0 radical (unpaired) electrons. The highest BCUT2D eigenvalue weighted by Crippen LogP contribution is 2.28. The van der Waals surface area contributed by atoms with Crippen LogP contribution in [0.3, 0.4) is 0 Å². The van der Waals surface area contributed by atoms with Crippen LogP contribution in [0.25, 0.3) is 6.08 Å². The molecule has 0 N–H and O–H groups in total. The summed E-state index contributed by atoms with van der Waals surface area (Å²) in [5, 5.41) is 11.1. The minimum atomic E-state index is -1.42. The SMILES string of the molecule is COC(=O)c1c(C=C2C(=O)OC(C)(C)OC2=O)cccc1[N+](=O)[O-]. The van der Waals surface area contributed by atoms with Crippen molar-refractivity contribution < 1.29 is 33.5 Å². The van der Waals surface area contributed by atoms with Crippen LogP contribution < -0.4 is 0 Å². The molecule has 0 atom stereocenters. The van der Waals surface area contributed by atoms with Crippen molar-refractivity contribution in [3.05, 3.63) is 45.0 Å². The number of esters is 3. The minimum absolute atomic E-state index is 0.0420. The lowest BCUT2D eigenvalue weighted by Gasteiger charge is -2.29. The minimum Gasteiger partial charge on any atom is -0.465 e. The zero-order chi connectivity index (χ0) is 18.1. The van der Waals surface area contributed by atoms with Crippen LogP contribution in [0, 0.1) is 10.1 Å². The fourth-order valence-electron chi connectivity index (χ4n) is 2.09. The molecule has 2 rings (SSSR count). The molecule has 1 aromatic rings. The molecule has 1 aliphatic heterocycles. The summed E-state index contributed by atoms with van der Waals surface area (Å²) in [7, 11) is 1.06. The highest BCUT2D eigenvalue weighted by molar-refractivity contribution is 6.19. The number of rotatable bonds is 3. The van der Waals surface area contributed by atoms with E-state index in [1.165, 1.54) is 26.0 Å². The van der Waals surface area contributed by atoms with Crippen molar-refractivity contribution in [3.63, 3.8) is 0 Å². The number of methoxy groups -OCH3 is 1. The molecular weight excluding hydrogens is 322 g/mol. The molecule has 1 heterocycles. The van der Waals surface area contributed by atoms with Gasteiger partial charge in [-0.3, -0.25) is 10.1 Å². The fourth-order valence-corrected chi connectivity index (χ4v) is 2.09. The Hall–Kier alpha value is -3.23. The van der Waals surface area contributed by atoms with E-state index in [0.29, 0.717) is 0 Å². The lowest BCUT2D eigenvalue weighted by molar-refractivity contribution is -0.385. The van der Waals surface area contributed by atoms with Crippen LogP contribution in [0.4, 0.5) is 5.69 Å². The van der Waals surface area contributed by atoms with E-state index in [9.17, 15) is 24.5 Å². The molecule has 0 spiro atoms. The number of carbonyl (C=O) groups is 3. The molecule has 1 saturated heterocycles. The lowest BCUT2D eigenvalue weighted by atomic mass is 10.0. The molecule has 126 valence electrons. The van der Waals surface area contributed by atoms with Gasteiger partial charge in [0.2, 0.25) is 0 Å². The maximum atomic E-state index is 12.0. The zero-order valence-corrected chi connectivity index (χ0v) is 13.0. The highest BCUT2D eigenvalue weighted by atomic mass is 16.7. The van der Waals surface area contributed by atoms with Crippen molar-refractivity contribution in [3.8, 4) is 0 Å². The zero-order valence-electron chi connectivity index (χ0n) is 13.0. The van der Waals surface area contributed by atoms with Gasteiger partial charge < -0.3 is 14.2 Å². The van der Waals surface area contributed by atoms with Crippen molar-refractivity contribution in [2.45, 2.75) is 19.6 Å². The Kier molecular flexibility index (Phi) is 4.36. The van der Waals surface area contributed by atoms with Crippen LogP contribution in [0.15, 0.2) is 23.8 Å². The summed E-state index contributed by atoms with van der Waals surface area (Å²) in [6, 6.07) is 3.74. The van der Waals surface area contributed by atoms with Crippen LogP contribution in [0.1, 0.15) is 29.8 Å². The van der Waals surface area contributed by atoms with E-state index in [2.05, 4.69) is 4.74 Å². The molecule has 0 amide bonds. The van der Waals surface area contributed by atoms with Gasteiger partial charge in [0.1, 0.15) is 11.1 Å². The predicted octanol–water partition coefficient (Wildman–Crippen LogP) is 1.60. The van der Waals surface area contributed by atoms with Gasteiger partial charge >= 0.3 is 17.9 Å². The van der Waals surface area contributed by atoms with E-state index in [4.69, 9.17) is 9.47 Å². The lowest BCUT2D eigenvalue weighted by Crippen LogP contribution is -2.41. The molecule has 0 aliphatic carbocycles. The van der Waals surface area contributed by atoms with E-state index in [1.54, 1.807) is 0 Å². The maximum absolute atomic E-state index is 12.0. The standard InChI is InChI=1S/C15H13NO8/c1-15(2)23-12(17)9(13(18)24-15)7-8-5-4-6-10(16(20)21)11(8)14(19)22-3/h4-7H,1-3H3. The number of nitrogens with zero attached hydrogens (tertiary/aromatic N) is 1. The Morgan fingerprint density at radius 2 is 1.83 bits per heavy atom. The molecular formula is C15H13NO8. The Morgan fingerprint density at radius 1 is 1.25 bits per heavy atom. The summed E-state index contributed by atoms with van der Waals surface area (Å²) in [4.78, 5) is 46.1. The Balaban J connectivity index is 2.59. The molecule has 0 unspecified atom stereocenters. The molecule has 0 bridgehead atoms. The van der Waals surface area contributed by atoms with E-state index in [1.807, 2.05) is 0 Å². The van der Waals surface area contributed by atoms with Gasteiger partial charge in [-0.25, -0.2) is 14.4 Å². The van der Waals surface area contributed by atoms with Gasteiger partial charge in [0, 0.05) is 19.9 Å². The molecule has 24 heavy (non-hydrogen) atoms. The Morgan fingerprint density at radius 3 is 2.33 bits per heavy atom. The highest BCUT2D eigenvalue weighted by Gasteiger charge is 2.39. The number of nitro groups is 1. The van der Waals surface area contributed by atoms with E-state index in [-0.39, 0.29) is 11.1 Å². The van der Waals surface area contributed by atoms with Crippen molar-refractivity contribution in [1.29, 1.82) is 0 Å². The fraction of sp³-hybridized carbons (Fsp3) is 0.267. The molecule has 0 aromatic heterocycles. The third kappa shape index (κ3) is 3.24. The van der Waals surface area contributed by atoms with Crippen molar-refractivity contribution >= 4 is 29.7 Å². The Labute approximate surface area is 135 Å². The van der Waals surface area contributed by atoms with Crippen LogP contribution in [0.5, 0.6) is 0 Å². The van der Waals surface area contributed by atoms with Gasteiger partial charge in [-0.15, -0.1) is 0 Å². The van der Waals surface area contributed by atoms with Crippen LogP contribution in [0.2, 0.25) is 0 Å². The van der Waals surface area contributed by atoms with E-state index >= 15 is 0 Å². The number of cyclic esters (lactones) is 2. The number of hydrogen-bond donors (Lipinski definition) is 0. The van der Waals surface area contributed by atoms with Gasteiger partial charge in [-0.05, 0) is 11.6 Å². The van der Waals surface area contributed by atoms with Gasteiger partial charge in [0.25, 0.3) is 11.5 Å². The average molecular weight is 335 g/mol. The van der Waals surface area contributed by atoms with E-state index < -0.39 is 39.9 Å². The van der Waals surface area contributed by atoms with E-state index in [0.717, 1.165) is 19.3 Å². The summed E-state index contributed by atoms with van der Waals surface area (Å²) in [6.45, 7) is 2.76. The summed E-state index contributed by atoms with van der Waals surface area (Å²) < 4.78 is 14.4. The quantitative estimate of drug-likeness (QED) is 0.268. The number of nitro benzene ring substituents is 1. The van der Waals surface area contributed by atoms with Crippen molar-refractivity contribution in [1.82, 2.24) is 0 Å². The summed E-state index contributed by atoms with van der Waals surface area (Å²) in [6.07, 6.45) is 0.999.